The zero-order chi connectivity index (χ0) is 20.8. The van der Waals surface area contributed by atoms with E-state index in [-0.39, 0.29) is 17.5 Å². The first-order valence-electron chi connectivity index (χ1n) is 9.34. The Hall–Kier alpha value is -2.75. The molecular weight excluding hydrogens is 483 g/mol. The molecule has 3 aromatic rings. The third kappa shape index (κ3) is 5.41. The van der Waals surface area contributed by atoms with Gasteiger partial charge in [-0.25, -0.2) is 0 Å². The highest BCUT2D eigenvalue weighted by Crippen LogP contribution is 2.36. The minimum Gasteiger partial charge on any atom is -0.493 e. The number of anilines is 1. The van der Waals surface area contributed by atoms with E-state index in [0.717, 1.165) is 22.8 Å². The minimum atomic E-state index is -0.537. The Labute approximate surface area is 181 Å². The summed E-state index contributed by atoms with van der Waals surface area (Å²) < 4.78 is 0.976. The number of aromatic hydroxyl groups is 1. The maximum Gasteiger partial charge on any atom is 0.295 e. The van der Waals surface area contributed by atoms with Gasteiger partial charge in [0.2, 0.25) is 11.8 Å². The lowest BCUT2D eigenvalue weighted by Gasteiger charge is -2.05. The van der Waals surface area contributed by atoms with Gasteiger partial charge in [0.1, 0.15) is 0 Å². The van der Waals surface area contributed by atoms with E-state index >= 15 is 0 Å². The molecule has 29 heavy (non-hydrogen) atoms. The number of carbonyl (C=O) groups is 2. The number of carbonyl (C=O) groups excluding carboxylic acids is 2. The van der Waals surface area contributed by atoms with Crippen molar-refractivity contribution in [2.24, 2.45) is 10.2 Å². The van der Waals surface area contributed by atoms with Crippen LogP contribution in [0.15, 0.2) is 52.7 Å². The van der Waals surface area contributed by atoms with Crippen molar-refractivity contribution < 1.29 is 14.7 Å². The molecule has 0 aliphatic rings. The van der Waals surface area contributed by atoms with E-state index in [4.69, 9.17) is 0 Å². The smallest absolute Gasteiger partial charge is 0.295 e. The molecular formula is C21H21IN4O3. The van der Waals surface area contributed by atoms with Crippen LogP contribution in [0.4, 0.5) is 11.4 Å². The second kappa shape index (κ2) is 9.64. The molecule has 0 saturated heterocycles. The molecule has 2 amide bonds. The lowest BCUT2D eigenvalue weighted by molar-refractivity contribution is -0.116. The predicted octanol–water partition coefficient (Wildman–Crippen LogP) is 5.92. The Kier molecular flexibility index (Phi) is 6.97. The average Bonchev–Trinajstić information content (AvgIpc) is 3.01. The van der Waals surface area contributed by atoms with Gasteiger partial charge in [-0.3, -0.25) is 9.59 Å². The zero-order valence-electron chi connectivity index (χ0n) is 15.9. The highest BCUT2D eigenvalue weighted by molar-refractivity contribution is 14.1. The fraction of sp³-hybridized carbons (Fsp3) is 0.238. The summed E-state index contributed by atoms with van der Waals surface area (Å²) in [4.78, 5) is 27.0. The van der Waals surface area contributed by atoms with Crippen molar-refractivity contribution in [2.75, 3.05) is 5.32 Å². The fourth-order valence-electron chi connectivity index (χ4n) is 2.85. The number of halogens is 1. The molecule has 1 aromatic heterocycles. The number of azo groups is 1. The van der Waals surface area contributed by atoms with Gasteiger partial charge >= 0.3 is 0 Å². The second-order valence-corrected chi connectivity index (χ2v) is 7.85. The molecule has 3 N–H and O–H groups in total. The van der Waals surface area contributed by atoms with E-state index < -0.39 is 5.91 Å². The lowest BCUT2D eigenvalue weighted by Crippen LogP contribution is -2.11. The van der Waals surface area contributed by atoms with Crippen LogP contribution in [0.25, 0.3) is 10.9 Å². The van der Waals surface area contributed by atoms with E-state index in [1.54, 1.807) is 24.3 Å². The van der Waals surface area contributed by atoms with Crippen LogP contribution >= 0.6 is 22.6 Å². The molecule has 7 nitrogen and oxygen atoms in total. The normalized spacial score (nSPS) is 11.2. The van der Waals surface area contributed by atoms with Crippen molar-refractivity contribution in [3.63, 3.8) is 0 Å². The third-order valence-electron chi connectivity index (χ3n) is 4.38. The maximum atomic E-state index is 12.3. The highest BCUT2D eigenvalue weighted by Gasteiger charge is 2.12. The highest BCUT2D eigenvalue weighted by atomic mass is 127. The quantitative estimate of drug-likeness (QED) is 0.211. The maximum absolute atomic E-state index is 12.3. The number of unbranched alkanes of at least 4 members (excludes halogenated alkanes) is 2. The number of benzene rings is 2. The van der Waals surface area contributed by atoms with Crippen molar-refractivity contribution in [1.82, 2.24) is 4.98 Å². The molecule has 0 fully saturated rings. The minimum absolute atomic E-state index is 0.0401. The van der Waals surface area contributed by atoms with Gasteiger partial charge in [-0.05, 0) is 71.5 Å². The number of amides is 2. The summed E-state index contributed by atoms with van der Waals surface area (Å²) in [5.74, 6) is -0.716. The molecule has 0 atom stereocenters. The number of nitrogens with zero attached hydrogens (tertiary/aromatic N) is 2. The molecule has 0 aliphatic carbocycles. The summed E-state index contributed by atoms with van der Waals surface area (Å²) in [7, 11) is 0. The number of aromatic nitrogens is 1. The van der Waals surface area contributed by atoms with Crippen LogP contribution < -0.4 is 5.32 Å². The summed E-state index contributed by atoms with van der Waals surface area (Å²) in [6.07, 6.45) is 3.43. The van der Waals surface area contributed by atoms with Crippen molar-refractivity contribution in [1.29, 1.82) is 0 Å². The van der Waals surface area contributed by atoms with Crippen molar-refractivity contribution >= 4 is 56.7 Å². The summed E-state index contributed by atoms with van der Waals surface area (Å²) in [5, 5.41) is 21.2. The average molecular weight is 504 g/mol. The Bertz CT molecular complexity index is 1060. The zero-order valence-corrected chi connectivity index (χ0v) is 18.1. The van der Waals surface area contributed by atoms with Crippen molar-refractivity contribution in [3.05, 3.63) is 51.6 Å². The van der Waals surface area contributed by atoms with Gasteiger partial charge in [-0.2, -0.15) is 0 Å². The Balaban J connectivity index is 1.68. The van der Waals surface area contributed by atoms with E-state index in [9.17, 15) is 14.7 Å². The SMILES string of the molecule is CCCCCC(=O)Nc1ccc(C(=O)N=Nc2c(O)[nH]c3ccc(I)cc23)cc1. The van der Waals surface area contributed by atoms with Crippen LogP contribution in [0.2, 0.25) is 0 Å². The second-order valence-electron chi connectivity index (χ2n) is 6.60. The fourth-order valence-corrected chi connectivity index (χ4v) is 3.34. The molecule has 0 saturated carbocycles. The number of H-pyrrole nitrogens is 1. The molecule has 0 unspecified atom stereocenters. The summed E-state index contributed by atoms with van der Waals surface area (Å²) in [6, 6.07) is 12.1. The van der Waals surface area contributed by atoms with Gasteiger partial charge in [-0.1, -0.05) is 19.8 Å². The first-order chi connectivity index (χ1) is 14.0. The molecule has 3 rings (SSSR count). The first-order valence-corrected chi connectivity index (χ1v) is 10.4. The van der Waals surface area contributed by atoms with Crippen LogP contribution in [-0.2, 0) is 4.79 Å². The van der Waals surface area contributed by atoms with Gasteiger partial charge < -0.3 is 15.4 Å². The Morgan fingerprint density at radius 3 is 2.62 bits per heavy atom. The number of rotatable bonds is 7. The molecule has 2 aromatic carbocycles. The van der Waals surface area contributed by atoms with Gasteiger partial charge in [0, 0.05) is 26.6 Å². The lowest BCUT2D eigenvalue weighted by atomic mass is 10.2. The topological polar surface area (TPSA) is 107 Å². The first kappa shape index (κ1) is 21.0. The number of fused-ring (bicyclic) bond motifs is 1. The van der Waals surface area contributed by atoms with Crippen LogP contribution in [0.5, 0.6) is 5.88 Å². The molecule has 8 heteroatoms. The largest absolute Gasteiger partial charge is 0.493 e. The number of hydrogen-bond donors (Lipinski definition) is 3. The monoisotopic (exact) mass is 504 g/mol. The van der Waals surface area contributed by atoms with Crippen molar-refractivity contribution in [2.45, 2.75) is 32.6 Å². The Morgan fingerprint density at radius 1 is 1.14 bits per heavy atom. The molecule has 0 aliphatic heterocycles. The third-order valence-corrected chi connectivity index (χ3v) is 5.05. The van der Waals surface area contributed by atoms with Gasteiger partial charge in [0.15, 0.2) is 5.69 Å². The van der Waals surface area contributed by atoms with E-state index in [1.807, 2.05) is 18.2 Å². The van der Waals surface area contributed by atoms with Crippen molar-refractivity contribution in [3.8, 4) is 5.88 Å². The molecule has 0 spiro atoms. The van der Waals surface area contributed by atoms with Gasteiger partial charge in [-0.15, -0.1) is 10.2 Å². The summed E-state index contributed by atoms with van der Waals surface area (Å²) in [5.41, 5.74) is 1.90. The van der Waals surface area contributed by atoms with E-state index in [0.29, 0.717) is 28.6 Å². The van der Waals surface area contributed by atoms with Crippen LogP contribution in [0, 0.1) is 3.57 Å². The standard InChI is InChI=1S/C21H21IN4O3/c1-2-3-4-5-18(27)23-15-9-6-13(7-10-15)20(28)26-25-19-16-12-14(22)8-11-17(16)24-21(19)29/h6-12,24,29H,2-5H2,1H3,(H,23,27). The number of hydrogen-bond acceptors (Lipinski definition) is 4. The van der Waals surface area contributed by atoms with Crippen LogP contribution in [-0.4, -0.2) is 21.9 Å². The van der Waals surface area contributed by atoms with Gasteiger partial charge in [0.25, 0.3) is 5.91 Å². The number of aromatic amines is 1. The summed E-state index contributed by atoms with van der Waals surface area (Å²) >= 11 is 2.16. The molecule has 0 bridgehead atoms. The molecule has 1 heterocycles. The van der Waals surface area contributed by atoms with Crippen LogP contribution in [0.3, 0.4) is 0 Å². The molecule has 0 radical (unpaired) electrons. The number of nitrogens with one attached hydrogen (secondary N) is 2. The van der Waals surface area contributed by atoms with Gasteiger partial charge in [0.05, 0.1) is 5.52 Å². The predicted molar refractivity (Wildman–Crippen MR) is 121 cm³/mol. The van der Waals surface area contributed by atoms with Crippen LogP contribution in [0.1, 0.15) is 43.0 Å². The Morgan fingerprint density at radius 2 is 1.90 bits per heavy atom. The summed E-state index contributed by atoms with van der Waals surface area (Å²) in [6.45, 7) is 2.09. The molecule has 150 valence electrons. The van der Waals surface area contributed by atoms with E-state index in [2.05, 4.69) is 50.0 Å². The van der Waals surface area contributed by atoms with E-state index in [1.165, 1.54) is 0 Å².